The summed E-state index contributed by atoms with van der Waals surface area (Å²) in [7, 11) is 0. The highest BCUT2D eigenvalue weighted by atomic mass is 16.5. The molecule has 5 nitrogen and oxygen atoms in total. The average Bonchev–Trinajstić information content (AvgIpc) is 2.61. The predicted octanol–water partition coefficient (Wildman–Crippen LogP) is 1.56. The van der Waals surface area contributed by atoms with Gasteiger partial charge in [0.1, 0.15) is 0 Å². The van der Waals surface area contributed by atoms with Gasteiger partial charge in [-0.2, -0.15) is 0 Å². The lowest BCUT2D eigenvalue weighted by Gasteiger charge is -2.27. The van der Waals surface area contributed by atoms with Gasteiger partial charge in [0.2, 0.25) is 5.91 Å². The first-order valence-electron chi connectivity index (χ1n) is 6.33. The number of ether oxygens (including phenoxy) is 1. The monoisotopic (exact) mass is 257 g/mol. The van der Waals surface area contributed by atoms with E-state index >= 15 is 0 Å². The van der Waals surface area contributed by atoms with Crippen LogP contribution in [-0.2, 0) is 14.3 Å². The van der Waals surface area contributed by atoms with Gasteiger partial charge in [-0.25, -0.2) is 0 Å². The molecule has 5 heteroatoms. The molecule has 1 atom stereocenters. The molecule has 1 aliphatic heterocycles. The molecule has 1 heterocycles. The quantitative estimate of drug-likeness (QED) is 0.783. The van der Waals surface area contributed by atoms with Crippen molar-refractivity contribution in [2.75, 3.05) is 13.2 Å². The Morgan fingerprint density at radius 1 is 1.39 bits per heavy atom. The lowest BCUT2D eigenvalue weighted by atomic mass is 9.89. The molecule has 0 spiro atoms. The number of carboxylic acids is 1. The molecule has 0 aromatic heterocycles. The zero-order chi connectivity index (χ0) is 13.8. The summed E-state index contributed by atoms with van der Waals surface area (Å²) < 4.78 is 5.23. The Hall–Kier alpha value is -1.10. The highest BCUT2D eigenvalue weighted by molar-refractivity contribution is 5.78. The Labute approximate surface area is 108 Å². The molecule has 18 heavy (non-hydrogen) atoms. The van der Waals surface area contributed by atoms with Crippen molar-refractivity contribution in [2.45, 2.75) is 52.0 Å². The summed E-state index contributed by atoms with van der Waals surface area (Å²) in [4.78, 5) is 22.7. The van der Waals surface area contributed by atoms with Crippen LogP contribution in [0.3, 0.4) is 0 Å². The van der Waals surface area contributed by atoms with Crippen LogP contribution >= 0.6 is 0 Å². The fourth-order valence-corrected chi connectivity index (χ4v) is 2.03. The summed E-state index contributed by atoms with van der Waals surface area (Å²) in [5.41, 5.74) is -0.607. The number of carbonyl (C=O) groups excluding carboxylic acids is 1. The molecule has 1 amide bonds. The Kier molecular flexibility index (Phi) is 4.73. The summed E-state index contributed by atoms with van der Waals surface area (Å²) in [6, 6.07) is 0. The highest BCUT2D eigenvalue weighted by Gasteiger charge is 2.38. The first-order chi connectivity index (χ1) is 8.22. The number of carbonyl (C=O) groups is 2. The van der Waals surface area contributed by atoms with Gasteiger partial charge in [0, 0.05) is 13.0 Å². The second-order valence-corrected chi connectivity index (χ2v) is 6.26. The van der Waals surface area contributed by atoms with Crippen molar-refractivity contribution in [1.82, 2.24) is 5.32 Å². The largest absolute Gasteiger partial charge is 0.481 e. The van der Waals surface area contributed by atoms with Crippen LogP contribution in [0.25, 0.3) is 0 Å². The normalized spacial score (nSPS) is 23.9. The van der Waals surface area contributed by atoms with E-state index < -0.39 is 11.5 Å². The van der Waals surface area contributed by atoms with Gasteiger partial charge in [-0.1, -0.05) is 20.8 Å². The minimum atomic E-state index is -0.906. The zero-order valence-corrected chi connectivity index (χ0v) is 11.4. The molecule has 0 bridgehead atoms. The smallest absolute Gasteiger partial charge is 0.305 e. The third-order valence-electron chi connectivity index (χ3n) is 3.10. The van der Waals surface area contributed by atoms with Gasteiger partial charge in [-0.15, -0.1) is 0 Å². The summed E-state index contributed by atoms with van der Waals surface area (Å²) >= 11 is 0. The molecule has 1 aliphatic rings. The van der Waals surface area contributed by atoms with Crippen LogP contribution in [0.5, 0.6) is 0 Å². The van der Waals surface area contributed by atoms with E-state index in [1.807, 2.05) is 0 Å². The number of aliphatic carboxylic acids is 1. The number of amides is 1. The molecule has 1 fully saturated rings. The van der Waals surface area contributed by atoms with E-state index in [9.17, 15) is 9.59 Å². The SMILES string of the molecule is CC(C)(C)CCC(=O)NC1(CC(=O)O)CCOC1. The molecule has 2 N–H and O–H groups in total. The van der Waals surface area contributed by atoms with Crippen LogP contribution in [0.2, 0.25) is 0 Å². The lowest BCUT2D eigenvalue weighted by molar-refractivity contribution is -0.139. The highest BCUT2D eigenvalue weighted by Crippen LogP contribution is 2.24. The maximum Gasteiger partial charge on any atom is 0.305 e. The van der Waals surface area contributed by atoms with E-state index in [-0.39, 0.29) is 17.7 Å². The molecule has 1 unspecified atom stereocenters. The standard InChI is InChI=1S/C13H23NO4/c1-12(2,3)5-4-10(15)14-13(8-11(16)17)6-7-18-9-13/h4-9H2,1-3H3,(H,14,15)(H,16,17). The maximum atomic E-state index is 11.9. The van der Waals surface area contributed by atoms with Gasteiger partial charge in [0.15, 0.2) is 0 Å². The first-order valence-corrected chi connectivity index (χ1v) is 6.33. The van der Waals surface area contributed by atoms with E-state index in [0.29, 0.717) is 26.1 Å². The van der Waals surface area contributed by atoms with Gasteiger partial charge in [0.05, 0.1) is 18.6 Å². The molecule has 0 aromatic carbocycles. The Bertz CT molecular complexity index is 313. The molecule has 1 saturated heterocycles. The number of carboxylic acid groups (broad SMARTS) is 1. The van der Waals surface area contributed by atoms with Crippen LogP contribution in [0.4, 0.5) is 0 Å². The summed E-state index contributed by atoms with van der Waals surface area (Å²) in [6.45, 7) is 7.03. The number of hydrogen-bond acceptors (Lipinski definition) is 3. The van der Waals surface area contributed by atoms with Gasteiger partial charge in [-0.3, -0.25) is 9.59 Å². The minimum absolute atomic E-state index is 0.0751. The fraction of sp³-hybridized carbons (Fsp3) is 0.846. The molecule has 104 valence electrons. The third kappa shape index (κ3) is 5.04. The Balaban J connectivity index is 2.51. The molecular formula is C13H23NO4. The van der Waals surface area contributed by atoms with Crippen molar-refractivity contribution < 1.29 is 19.4 Å². The summed E-state index contributed by atoms with van der Waals surface area (Å²) in [6.07, 6.45) is 1.70. The number of hydrogen-bond donors (Lipinski definition) is 2. The van der Waals surface area contributed by atoms with Crippen molar-refractivity contribution in [3.8, 4) is 0 Å². The topological polar surface area (TPSA) is 75.6 Å². The zero-order valence-electron chi connectivity index (χ0n) is 11.4. The number of rotatable bonds is 5. The third-order valence-corrected chi connectivity index (χ3v) is 3.10. The van der Waals surface area contributed by atoms with Crippen molar-refractivity contribution >= 4 is 11.9 Å². The molecule has 0 saturated carbocycles. The van der Waals surface area contributed by atoms with Crippen LogP contribution < -0.4 is 5.32 Å². The second-order valence-electron chi connectivity index (χ2n) is 6.26. The minimum Gasteiger partial charge on any atom is -0.481 e. The molecule has 0 aromatic rings. The average molecular weight is 257 g/mol. The molecule has 0 radical (unpaired) electrons. The maximum absolute atomic E-state index is 11.9. The van der Waals surface area contributed by atoms with Crippen LogP contribution in [0.15, 0.2) is 0 Å². The molecular weight excluding hydrogens is 234 g/mol. The molecule has 0 aliphatic carbocycles. The summed E-state index contributed by atoms with van der Waals surface area (Å²) in [5, 5.41) is 11.8. The van der Waals surface area contributed by atoms with Crippen LogP contribution in [0.1, 0.15) is 46.5 Å². The van der Waals surface area contributed by atoms with Crippen LogP contribution in [-0.4, -0.2) is 35.7 Å². The van der Waals surface area contributed by atoms with Crippen molar-refractivity contribution in [2.24, 2.45) is 5.41 Å². The Morgan fingerprint density at radius 2 is 2.06 bits per heavy atom. The van der Waals surface area contributed by atoms with E-state index in [4.69, 9.17) is 9.84 Å². The van der Waals surface area contributed by atoms with Crippen molar-refractivity contribution in [3.63, 3.8) is 0 Å². The predicted molar refractivity (Wildman–Crippen MR) is 67.3 cm³/mol. The van der Waals surface area contributed by atoms with E-state index in [1.54, 1.807) is 0 Å². The van der Waals surface area contributed by atoms with Crippen LogP contribution in [0, 0.1) is 5.41 Å². The van der Waals surface area contributed by atoms with Gasteiger partial charge >= 0.3 is 5.97 Å². The molecule has 1 rings (SSSR count). The Morgan fingerprint density at radius 3 is 2.50 bits per heavy atom. The van der Waals surface area contributed by atoms with Gasteiger partial charge in [0.25, 0.3) is 0 Å². The van der Waals surface area contributed by atoms with E-state index in [1.165, 1.54) is 0 Å². The van der Waals surface area contributed by atoms with Crippen molar-refractivity contribution in [1.29, 1.82) is 0 Å². The van der Waals surface area contributed by atoms with E-state index in [0.717, 1.165) is 6.42 Å². The summed E-state index contributed by atoms with van der Waals surface area (Å²) in [5.74, 6) is -0.992. The lowest BCUT2D eigenvalue weighted by Crippen LogP contribution is -2.50. The number of nitrogens with one attached hydrogen (secondary N) is 1. The van der Waals surface area contributed by atoms with Crippen molar-refractivity contribution in [3.05, 3.63) is 0 Å². The van der Waals surface area contributed by atoms with Gasteiger partial charge in [-0.05, 0) is 18.3 Å². The van der Waals surface area contributed by atoms with Gasteiger partial charge < -0.3 is 15.2 Å². The first kappa shape index (κ1) is 15.0. The second kappa shape index (κ2) is 5.69. The fourth-order valence-electron chi connectivity index (χ4n) is 2.03. The van der Waals surface area contributed by atoms with E-state index in [2.05, 4.69) is 26.1 Å².